The Hall–Kier alpha value is -1.58. The summed E-state index contributed by atoms with van der Waals surface area (Å²) in [6, 6.07) is 0. The van der Waals surface area contributed by atoms with Crippen LogP contribution in [0.15, 0.2) is 4.99 Å². The van der Waals surface area contributed by atoms with Crippen LogP contribution in [0.4, 0.5) is 4.79 Å². The van der Waals surface area contributed by atoms with Gasteiger partial charge in [0.1, 0.15) is 5.60 Å². The van der Waals surface area contributed by atoms with Crippen molar-refractivity contribution in [3.8, 4) is 0 Å². The largest absolute Gasteiger partial charge is 0.444 e. The van der Waals surface area contributed by atoms with E-state index in [0.29, 0.717) is 0 Å². The number of piperazine rings is 1. The molecule has 2 aliphatic heterocycles. The van der Waals surface area contributed by atoms with Gasteiger partial charge >= 0.3 is 6.09 Å². The molecule has 2 fully saturated rings. The van der Waals surface area contributed by atoms with Crippen molar-refractivity contribution in [3.63, 3.8) is 0 Å². The molecule has 0 bridgehead atoms. The quantitative estimate of drug-likeness (QED) is 0.326. The van der Waals surface area contributed by atoms with Gasteiger partial charge in [0, 0.05) is 59.5 Å². The van der Waals surface area contributed by atoms with Crippen molar-refractivity contribution in [2.45, 2.75) is 51.7 Å². The van der Waals surface area contributed by atoms with Gasteiger partial charge in [-0.15, -0.1) is 0 Å². The molecule has 2 aliphatic rings. The lowest BCUT2D eigenvalue weighted by Crippen LogP contribution is -2.50. The average Bonchev–Trinajstić information content (AvgIpc) is 3.22. The fraction of sp³-hybridized carbons (Fsp3) is 0.905. The van der Waals surface area contributed by atoms with Gasteiger partial charge in [-0.1, -0.05) is 0 Å². The van der Waals surface area contributed by atoms with Gasteiger partial charge in [0.25, 0.3) is 0 Å². The van der Waals surface area contributed by atoms with E-state index in [9.17, 15) is 4.79 Å². The Balaban J connectivity index is 1.48. The van der Waals surface area contributed by atoms with E-state index < -0.39 is 5.60 Å². The van der Waals surface area contributed by atoms with Gasteiger partial charge in [0.15, 0.2) is 5.96 Å². The van der Waals surface area contributed by atoms with E-state index in [1.54, 1.807) is 11.9 Å². The van der Waals surface area contributed by atoms with Crippen LogP contribution in [-0.4, -0.2) is 106 Å². The summed E-state index contributed by atoms with van der Waals surface area (Å²) in [5.74, 6) is 0.828. The average molecular weight is 428 g/mol. The van der Waals surface area contributed by atoms with Gasteiger partial charge in [0.2, 0.25) is 0 Å². The molecule has 1 atom stereocenters. The van der Waals surface area contributed by atoms with Crippen LogP contribution in [0.1, 0.15) is 40.0 Å². The van der Waals surface area contributed by atoms with E-state index in [2.05, 4.69) is 20.5 Å². The van der Waals surface area contributed by atoms with Gasteiger partial charge in [-0.3, -0.25) is 9.89 Å². The number of rotatable bonds is 9. The molecule has 174 valence electrons. The SMILES string of the molecule is CN=C(NCCCOC1CCOC1)NCCCN1CCN(C(=O)OC(C)(C)C)CC1. The lowest BCUT2D eigenvalue weighted by Gasteiger charge is -2.35. The summed E-state index contributed by atoms with van der Waals surface area (Å²) in [5.41, 5.74) is -0.440. The third-order valence-corrected chi connectivity index (χ3v) is 5.05. The normalized spacial score (nSPS) is 21.0. The predicted octanol–water partition coefficient (Wildman–Crippen LogP) is 1.29. The predicted molar refractivity (Wildman–Crippen MR) is 118 cm³/mol. The van der Waals surface area contributed by atoms with Crippen molar-refractivity contribution < 1.29 is 19.0 Å². The second-order valence-corrected chi connectivity index (χ2v) is 8.80. The highest BCUT2D eigenvalue weighted by Crippen LogP contribution is 2.12. The molecule has 0 aromatic rings. The van der Waals surface area contributed by atoms with Gasteiger partial charge in [-0.2, -0.15) is 0 Å². The minimum absolute atomic E-state index is 0.208. The zero-order chi connectivity index (χ0) is 21.8. The van der Waals surface area contributed by atoms with E-state index in [1.165, 1.54) is 0 Å². The molecule has 2 rings (SSSR count). The second-order valence-electron chi connectivity index (χ2n) is 8.80. The van der Waals surface area contributed by atoms with Crippen LogP contribution in [0.3, 0.4) is 0 Å². The topological polar surface area (TPSA) is 87.7 Å². The molecule has 9 heteroatoms. The maximum Gasteiger partial charge on any atom is 0.410 e. The van der Waals surface area contributed by atoms with E-state index in [-0.39, 0.29) is 12.2 Å². The first kappa shape index (κ1) is 24.7. The molecule has 0 aromatic carbocycles. The number of carbonyl (C=O) groups is 1. The first-order chi connectivity index (χ1) is 14.4. The van der Waals surface area contributed by atoms with Gasteiger partial charge in [0.05, 0.1) is 12.7 Å². The molecule has 2 saturated heterocycles. The van der Waals surface area contributed by atoms with Crippen LogP contribution in [0.5, 0.6) is 0 Å². The lowest BCUT2D eigenvalue weighted by atomic mass is 10.2. The summed E-state index contributed by atoms with van der Waals surface area (Å²) < 4.78 is 16.5. The molecule has 0 saturated carbocycles. The molecule has 2 heterocycles. The van der Waals surface area contributed by atoms with E-state index in [4.69, 9.17) is 14.2 Å². The molecule has 0 aromatic heterocycles. The number of hydrogen-bond donors (Lipinski definition) is 2. The number of aliphatic imine (C=N–C) groups is 1. The van der Waals surface area contributed by atoms with Crippen LogP contribution < -0.4 is 10.6 Å². The summed E-state index contributed by atoms with van der Waals surface area (Å²) in [6.45, 7) is 13.9. The van der Waals surface area contributed by atoms with Crippen molar-refractivity contribution in [2.75, 3.05) is 72.7 Å². The monoisotopic (exact) mass is 427 g/mol. The van der Waals surface area contributed by atoms with Crippen LogP contribution >= 0.6 is 0 Å². The number of guanidine groups is 1. The van der Waals surface area contributed by atoms with E-state index in [1.807, 2.05) is 20.8 Å². The molecular formula is C21H41N5O4. The Morgan fingerprint density at radius 1 is 1.13 bits per heavy atom. The Kier molecular flexibility index (Phi) is 10.7. The van der Waals surface area contributed by atoms with Crippen molar-refractivity contribution in [1.29, 1.82) is 0 Å². The first-order valence-electron chi connectivity index (χ1n) is 11.2. The standard InChI is InChI=1S/C21H41N5O4/c1-21(2,3)30-20(27)26-13-11-25(12-14-26)10-5-8-23-19(22-4)24-9-6-15-29-18-7-16-28-17-18/h18H,5-17H2,1-4H3,(H2,22,23,24). The fourth-order valence-electron chi connectivity index (χ4n) is 3.38. The highest BCUT2D eigenvalue weighted by atomic mass is 16.6. The van der Waals surface area contributed by atoms with Crippen molar-refractivity contribution in [1.82, 2.24) is 20.4 Å². The Bertz CT molecular complexity index is 524. The molecule has 0 radical (unpaired) electrons. The number of hydrogen-bond acceptors (Lipinski definition) is 6. The van der Waals surface area contributed by atoms with Crippen LogP contribution in [0, 0.1) is 0 Å². The van der Waals surface area contributed by atoms with Gasteiger partial charge in [-0.05, 0) is 46.6 Å². The second kappa shape index (κ2) is 13.0. The summed E-state index contributed by atoms with van der Waals surface area (Å²) in [7, 11) is 1.79. The minimum atomic E-state index is -0.440. The summed E-state index contributed by atoms with van der Waals surface area (Å²) >= 11 is 0. The van der Waals surface area contributed by atoms with Gasteiger partial charge in [-0.25, -0.2) is 4.79 Å². The van der Waals surface area contributed by atoms with Crippen molar-refractivity contribution >= 4 is 12.1 Å². The maximum absolute atomic E-state index is 12.1. The zero-order valence-corrected chi connectivity index (χ0v) is 19.2. The smallest absolute Gasteiger partial charge is 0.410 e. The first-order valence-corrected chi connectivity index (χ1v) is 11.2. The number of nitrogens with zero attached hydrogens (tertiary/aromatic N) is 3. The van der Waals surface area contributed by atoms with Crippen molar-refractivity contribution in [3.05, 3.63) is 0 Å². The number of ether oxygens (including phenoxy) is 3. The van der Waals surface area contributed by atoms with Crippen LogP contribution in [-0.2, 0) is 14.2 Å². The number of nitrogens with one attached hydrogen (secondary N) is 2. The Morgan fingerprint density at radius 3 is 2.43 bits per heavy atom. The van der Waals surface area contributed by atoms with Gasteiger partial charge < -0.3 is 29.7 Å². The molecule has 2 N–H and O–H groups in total. The minimum Gasteiger partial charge on any atom is -0.444 e. The molecule has 1 amide bonds. The summed E-state index contributed by atoms with van der Waals surface area (Å²) in [5, 5.41) is 6.69. The molecule has 0 aliphatic carbocycles. The Labute approximate surface area is 181 Å². The van der Waals surface area contributed by atoms with E-state index >= 15 is 0 Å². The highest BCUT2D eigenvalue weighted by Gasteiger charge is 2.25. The third kappa shape index (κ3) is 9.95. The Morgan fingerprint density at radius 2 is 1.83 bits per heavy atom. The molecule has 30 heavy (non-hydrogen) atoms. The summed E-state index contributed by atoms with van der Waals surface area (Å²) in [6.07, 6.45) is 3.04. The summed E-state index contributed by atoms with van der Waals surface area (Å²) in [4.78, 5) is 20.6. The lowest BCUT2D eigenvalue weighted by molar-refractivity contribution is 0.0145. The molecule has 0 spiro atoms. The number of carbonyl (C=O) groups excluding carboxylic acids is 1. The highest BCUT2D eigenvalue weighted by molar-refractivity contribution is 5.79. The maximum atomic E-state index is 12.1. The fourth-order valence-corrected chi connectivity index (χ4v) is 3.38. The number of amides is 1. The van der Waals surface area contributed by atoms with E-state index in [0.717, 1.165) is 90.9 Å². The zero-order valence-electron chi connectivity index (χ0n) is 19.2. The molecule has 1 unspecified atom stereocenters. The van der Waals surface area contributed by atoms with Crippen LogP contribution in [0.25, 0.3) is 0 Å². The molecule has 9 nitrogen and oxygen atoms in total. The van der Waals surface area contributed by atoms with Crippen LogP contribution in [0.2, 0.25) is 0 Å². The third-order valence-electron chi connectivity index (χ3n) is 5.05. The molecular weight excluding hydrogens is 386 g/mol. The van der Waals surface area contributed by atoms with Crippen molar-refractivity contribution in [2.24, 2.45) is 4.99 Å².